The number of morpholine rings is 1. The van der Waals surface area contributed by atoms with Gasteiger partial charge in [-0.15, -0.1) is 0 Å². The summed E-state index contributed by atoms with van der Waals surface area (Å²) in [6.45, 7) is 3.07. The lowest BCUT2D eigenvalue weighted by Crippen LogP contribution is -2.37. The second-order valence-corrected chi connectivity index (χ2v) is 5.42. The molecule has 6 heteroatoms. The van der Waals surface area contributed by atoms with Gasteiger partial charge in [-0.2, -0.15) is 4.98 Å². The SMILES string of the molecule is Nc1ncc(Cc2ccc(Cl)cc2)c(N2CCOCC2)n1. The van der Waals surface area contributed by atoms with E-state index in [2.05, 4.69) is 14.9 Å². The van der Waals surface area contributed by atoms with Gasteiger partial charge in [-0.25, -0.2) is 4.98 Å². The molecule has 1 aromatic heterocycles. The van der Waals surface area contributed by atoms with Crippen molar-refractivity contribution in [1.29, 1.82) is 0 Å². The largest absolute Gasteiger partial charge is 0.378 e. The number of hydrogen-bond acceptors (Lipinski definition) is 5. The van der Waals surface area contributed by atoms with Crippen LogP contribution in [0.15, 0.2) is 30.5 Å². The molecule has 0 radical (unpaired) electrons. The molecule has 0 saturated carbocycles. The van der Waals surface area contributed by atoms with Crippen molar-refractivity contribution in [2.45, 2.75) is 6.42 Å². The molecule has 3 rings (SSSR count). The zero-order valence-electron chi connectivity index (χ0n) is 11.6. The molecular formula is C15H17ClN4O. The molecule has 5 nitrogen and oxygen atoms in total. The van der Waals surface area contributed by atoms with E-state index in [-0.39, 0.29) is 0 Å². The fraction of sp³-hybridized carbons (Fsp3) is 0.333. The maximum Gasteiger partial charge on any atom is 0.221 e. The summed E-state index contributed by atoms with van der Waals surface area (Å²) >= 11 is 5.93. The van der Waals surface area contributed by atoms with Gasteiger partial charge in [-0.1, -0.05) is 23.7 Å². The monoisotopic (exact) mass is 304 g/mol. The molecule has 1 aliphatic heterocycles. The van der Waals surface area contributed by atoms with Crippen LogP contribution in [0.5, 0.6) is 0 Å². The second kappa shape index (κ2) is 6.28. The maximum atomic E-state index is 5.93. The Labute approximate surface area is 128 Å². The molecule has 110 valence electrons. The molecular weight excluding hydrogens is 288 g/mol. The fourth-order valence-corrected chi connectivity index (χ4v) is 2.53. The number of nitrogens with two attached hydrogens (primary N) is 1. The van der Waals surface area contributed by atoms with Crippen LogP contribution in [-0.2, 0) is 11.2 Å². The van der Waals surface area contributed by atoms with E-state index < -0.39 is 0 Å². The number of rotatable bonds is 3. The van der Waals surface area contributed by atoms with Gasteiger partial charge >= 0.3 is 0 Å². The summed E-state index contributed by atoms with van der Waals surface area (Å²) in [6, 6.07) is 7.82. The Hall–Kier alpha value is -1.85. The normalized spacial score (nSPS) is 15.2. The quantitative estimate of drug-likeness (QED) is 0.941. The lowest BCUT2D eigenvalue weighted by Gasteiger charge is -2.29. The molecule has 2 N–H and O–H groups in total. The topological polar surface area (TPSA) is 64.3 Å². The van der Waals surface area contributed by atoms with Crippen molar-refractivity contribution in [2.75, 3.05) is 36.9 Å². The van der Waals surface area contributed by atoms with Gasteiger partial charge < -0.3 is 15.4 Å². The van der Waals surface area contributed by atoms with Gasteiger partial charge in [0.15, 0.2) is 0 Å². The third-order valence-electron chi connectivity index (χ3n) is 3.48. The minimum Gasteiger partial charge on any atom is -0.378 e. The van der Waals surface area contributed by atoms with Crippen LogP contribution in [-0.4, -0.2) is 36.3 Å². The third-order valence-corrected chi connectivity index (χ3v) is 3.73. The van der Waals surface area contributed by atoms with Crippen LogP contribution in [0.25, 0.3) is 0 Å². The average molecular weight is 305 g/mol. The van der Waals surface area contributed by atoms with Gasteiger partial charge in [0.25, 0.3) is 0 Å². The van der Waals surface area contributed by atoms with Gasteiger partial charge in [-0.05, 0) is 17.7 Å². The summed E-state index contributed by atoms with van der Waals surface area (Å²) in [5.74, 6) is 1.21. The highest BCUT2D eigenvalue weighted by Crippen LogP contribution is 2.23. The van der Waals surface area contributed by atoms with E-state index in [1.165, 1.54) is 5.56 Å². The Morgan fingerprint density at radius 2 is 1.90 bits per heavy atom. The summed E-state index contributed by atoms with van der Waals surface area (Å²) in [6.07, 6.45) is 2.56. The first-order valence-corrected chi connectivity index (χ1v) is 7.29. The number of nitrogens with zero attached hydrogens (tertiary/aromatic N) is 3. The molecule has 0 spiro atoms. The first-order valence-electron chi connectivity index (χ1n) is 6.91. The van der Waals surface area contributed by atoms with Crippen LogP contribution < -0.4 is 10.6 Å². The number of anilines is 2. The molecule has 2 aromatic rings. The lowest BCUT2D eigenvalue weighted by molar-refractivity contribution is 0.122. The van der Waals surface area contributed by atoms with Gasteiger partial charge in [-0.3, -0.25) is 0 Å². The summed E-state index contributed by atoms with van der Waals surface area (Å²) in [4.78, 5) is 10.8. The Bertz CT molecular complexity index is 612. The zero-order chi connectivity index (χ0) is 14.7. The van der Waals surface area contributed by atoms with Crippen LogP contribution in [0.1, 0.15) is 11.1 Å². The molecule has 2 heterocycles. The van der Waals surface area contributed by atoms with Crippen LogP contribution in [0.3, 0.4) is 0 Å². The predicted octanol–water partition coefficient (Wildman–Crippen LogP) is 2.14. The van der Waals surface area contributed by atoms with Gasteiger partial charge in [0.2, 0.25) is 5.95 Å². The number of benzene rings is 1. The Kier molecular flexibility index (Phi) is 4.22. The molecule has 0 amide bonds. The van der Waals surface area contributed by atoms with E-state index in [1.54, 1.807) is 0 Å². The van der Waals surface area contributed by atoms with Gasteiger partial charge in [0.05, 0.1) is 13.2 Å². The highest BCUT2D eigenvalue weighted by molar-refractivity contribution is 6.30. The highest BCUT2D eigenvalue weighted by atomic mass is 35.5. The fourth-order valence-electron chi connectivity index (χ4n) is 2.41. The number of nitrogen functional groups attached to an aromatic ring is 1. The van der Waals surface area contributed by atoms with E-state index in [0.717, 1.165) is 35.9 Å². The molecule has 1 aromatic carbocycles. The van der Waals surface area contributed by atoms with Crippen molar-refractivity contribution in [3.63, 3.8) is 0 Å². The molecule has 0 aliphatic carbocycles. The Morgan fingerprint density at radius 1 is 1.19 bits per heavy atom. The average Bonchev–Trinajstić information content (AvgIpc) is 2.52. The zero-order valence-corrected chi connectivity index (χ0v) is 12.4. The minimum absolute atomic E-state index is 0.302. The van der Waals surface area contributed by atoms with Crippen LogP contribution in [0.4, 0.5) is 11.8 Å². The minimum atomic E-state index is 0.302. The smallest absolute Gasteiger partial charge is 0.221 e. The molecule has 0 unspecified atom stereocenters. The summed E-state index contributed by atoms with van der Waals surface area (Å²) < 4.78 is 5.39. The van der Waals surface area contributed by atoms with Crippen molar-refractivity contribution in [1.82, 2.24) is 9.97 Å². The molecule has 0 bridgehead atoms. The van der Waals surface area contributed by atoms with E-state index in [4.69, 9.17) is 22.1 Å². The molecule has 21 heavy (non-hydrogen) atoms. The van der Waals surface area contributed by atoms with Crippen molar-refractivity contribution in [3.05, 3.63) is 46.6 Å². The summed E-state index contributed by atoms with van der Waals surface area (Å²) in [5.41, 5.74) is 7.98. The standard InChI is InChI=1S/C15H17ClN4O/c16-13-3-1-11(2-4-13)9-12-10-18-15(17)19-14(12)20-5-7-21-8-6-20/h1-4,10H,5-9H2,(H2,17,18,19). The number of hydrogen-bond donors (Lipinski definition) is 1. The Balaban J connectivity index is 1.88. The molecule has 1 aliphatic rings. The Morgan fingerprint density at radius 3 is 2.62 bits per heavy atom. The summed E-state index contributed by atoms with van der Waals surface area (Å²) in [5, 5.41) is 0.737. The van der Waals surface area contributed by atoms with Gasteiger partial charge in [0.1, 0.15) is 5.82 Å². The van der Waals surface area contributed by atoms with Gasteiger partial charge in [0, 0.05) is 36.3 Å². The lowest BCUT2D eigenvalue weighted by atomic mass is 10.1. The molecule has 0 atom stereocenters. The van der Waals surface area contributed by atoms with Crippen LogP contribution in [0, 0.1) is 0 Å². The van der Waals surface area contributed by atoms with E-state index in [1.807, 2.05) is 30.5 Å². The van der Waals surface area contributed by atoms with E-state index in [9.17, 15) is 0 Å². The second-order valence-electron chi connectivity index (χ2n) is 4.98. The third kappa shape index (κ3) is 3.43. The van der Waals surface area contributed by atoms with Crippen molar-refractivity contribution < 1.29 is 4.74 Å². The molecule has 1 fully saturated rings. The van der Waals surface area contributed by atoms with E-state index in [0.29, 0.717) is 19.2 Å². The van der Waals surface area contributed by atoms with Crippen molar-refractivity contribution in [3.8, 4) is 0 Å². The van der Waals surface area contributed by atoms with Crippen LogP contribution >= 0.6 is 11.6 Å². The number of aromatic nitrogens is 2. The van der Waals surface area contributed by atoms with E-state index >= 15 is 0 Å². The van der Waals surface area contributed by atoms with Crippen molar-refractivity contribution in [2.24, 2.45) is 0 Å². The van der Waals surface area contributed by atoms with Crippen LogP contribution in [0.2, 0.25) is 5.02 Å². The predicted molar refractivity (Wildman–Crippen MR) is 83.7 cm³/mol. The van der Waals surface area contributed by atoms with Crippen molar-refractivity contribution >= 4 is 23.4 Å². The summed E-state index contributed by atoms with van der Waals surface area (Å²) in [7, 11) is 0. The highest BCUT2D eigenvalue weighted by Gasteiger charge is 2.17. The first kappa shape index (κ1) is 14.1. The molecule has 1 saturated heterocycles. The number of ether oxygens (including phenoxy) is 1. The number of halogens is 1. The maximum absolute atomic E-state index is 5.93. The first-order chi connectivity index (χ1) is 10.2.